The Kier molecular flexibility index (Phi) is 8.01. The van der Waals surface area contributed by atoms with Gasteiger partial charge in [0, 0.05) is 6.42 Å². The summed E-state index contributed by atoms with van der Waals surface area (Å²) in [7, 11) is 0. The number of alkyl halides is 1. The molecule has 1 aromatic carbocycles. The van der Waals surface area contributed by atoms with Crippen molar-refractivity contribution in [2.75, 3.05) is 5.88 Å². The Morgan fingerprint density at radius 1 is 1.14 bits per heavy atom. The zero-order chi connectivity index (χ0) is 15.7. The van der Waals surface area contributed by atoms with Gasteiger partial charge in [0.25, 0.3) is 0 Å². The number of halogens is 1. The van der Waals surface area contributed by atoms with Crippen molar-refractivity contribution in [2.24, 2.45) is 0 Å². The van der Waals surface area contributed by atoms with Crippen molar-refractivity contribution in [1.82, 2.24) is 0 Å². The second-order valence-corrected chi connectivity index (χ2v) is 5.31. The molecule has 0 amide bonds. The highest BCUT2D eigenvalue weighted by Crippen LogP contribution is 2.12. The van der Waals surface area contributed by atoms with Crippen LogP contribution >= 0.6 is 11.6 Å². The molecule has 5 heteroatoms. The molecule has 0 fully saturated rings. The number of carbonyl (C=O) groups is 2. The molecule has 0 N–H and O–H groups in total. The number of esters is 1. The molecular formula is C16H21ClO4. The van der Waals surface area contributed by atoms with E-state index in [-0.39, 0.29) is 36.6 Å². The largest absolute Gasteiger partial charge is 0.463 e. The van der Waals surface area contributed by atoms with Crippen LogP contribution in [-0.2, 0) is 25.7 Å². The van der Waals surface area contributed by atoms with E-state index in [0.29, 0.717) is 6.61 Å². The molecule has 0 spiro atoms. The van der Waals surface area contributed by atoms with Gasteiger partial charge in [-0.3, -0.25) is 9.59 Å². The van der Waals surface area contributed by atoms with Gasteiger partial charge in [-0.05, 0) is 19.4 Å². The number of benzene rings is 1. The normalized spacial score (nSPS) is 12.2. The Morgan fingerprint density at radius 2 is 1.81 bits per heavy atom. The SMILES string of the molecule is CC(C)OC(=O)C[C@@H](CC(=O)CCl)OCc1ccccc1. The molecule has 0 saturated carbocycles. The molecule has 1 aromatic rings. The average Bonchev–Trinajstić information content (AvgIpc) is 2.44. The summed E-state index contributed by atoms with van der Waals surface area (Å²) >= 11 is 5.51. The van der Waals surface area contributed by atoms with E-state index in [0.717, 1.165) is 5.56 Å². The van der Waals surface area contributed by atoms with Gasteiger partial charge in [0.05, 0.1) is 31.1 Å². The van der Waals surface area contributed by atoms with E-state index in [2.05, 4.69) is 0 Å². The Bertz CT molecular complexity index is 445. The van der Waals surface area contributed by atoms with Crippen LogP contribution in [0.4, 0.5) is 0 Å². The molecule has 0 bridgehead atoms. The third-order valence-electron chi connectivity index (χ3n) is 2.69. The minimum Gasteiger partial charge on any atom is -0.463 e. The molecule has 0 saturated heterocycles. The summed E-state index contributed by atoms with van der Waals surface area (Å²) in [6.45, 7) is 3.90. The maximum atomic E-state index is 11.7. The minimum absolute atomic E-state index is 0.0492. The predicted octanol–water partition coefficient (Wildman–Crippen LogP) is 3.11. The Balaban J connectivity index is 2.55. The third kappa shape index (κ3) is 7.83. The van der Waals surface area contributed by atoms with Crippen LogP contribution in [0.3, 0.4) is 0 Å². The number of hydrogen-bond donors (Lipinski definition) is 0. The first-order valence-electron chi connectivity index (χ1n) is 6.94. The summed E-state index contributed by atoms with van der Waals surface area (Å²) in [5.41, 5.74) is 0.984. The molecule has 0 aliphatic carbocycles. The van der Waals surface area contributed by atoms with Crippen LogP contribution in [0.15, 0.2) is 30.3 Å². The fourth-order valence-corrected chi connectivity index (χ4v) is 1.89. The van der Waals surface area contributed by atoms with Crippen LogP contribution in [0.1, 0.15) is 32.3 Å². The maximum absolute atomic E-state index is 11.7. The van der Waals surface area contributed by atoms with Crippen LogP contribution in [0, 0.1) is 0 Å². The number of carbonyl (C=O) groups excluding carboxylic acids is 2. The highest BCUT2D eigenvalue weighted by atomic mass is 35.5. The zero-order valence-electron chi connectivity index (χ0n) is 12.4. The third-order valence-corrected chi connectivity index (χ3v) is 2.99. The van der Waals surface area contributed by atoms with Gasteiger partial charge in [0.15, 0.2) is 0 Å². The summed E-state index contributed by atoms with van der Waals surface area (Å²) in [5, 5.41) is 0. The van der Waals surface area contributed by atoms with Crippen LogP contribution in [0.5, 0.6) is 0 Å². The number of rotatable bonds is 9. The molecule has 1 atom stereocenters. The van der Waals surface area contributed by atoms with Gasteiger partial charge in [-0.15, -0.1) is 11.6 Å². The average molecular weight is 313 g/mol. The highest BCUT2D eigenvalue weighted by molar-refractivity contribution is 6.27. The summed E-state index contributed by atoms with van der Waals surface area (Å²) in [5.74, 6) is -0.595. The molecule has 0 unspecified atom stereocenters. The molecular weight excluding hydrogens is 292 g/mol. The van der Waals surface area contributed by atoms with Crippen LogP contribution < -0.4 is 0 Å². The van der Waals surface area contributed by atoms with E-state index in [4.69, 9.17) is 21.1 Å². The van der Waals surface area contributed by atoms with E-state index in [1.807, 2.05) is 30.3 Å². The topological polar surface area (TPSA) is 52.6 Å². The monoisotopic (exact) mass is 312 g/mol. The lowest BCUT2D eigenvalue weighted by Gasteiger charge is -2.17. The van der Waals surface area contributed by atoms with Crippen molar-refractivity contribution in [3.8, 4) is 0 Å². The van der Waals surface area contributed by atoms with Gasteiger partial charge in [0.2, 0.25) is 0 Å². The lowest BCUT2D eigenvalue weighted by Crippen LogP contribution is -2.24. The van der Waals surface area contributed by atoms with Crippen LogP contribution in [0.25, 0.3) is 0 Å². The second-order valence-electron chi connectivity index (χ2n) is 5.04. The zero-order valence-corrected chi connectivity index (χ0v) is 13.1. The molecule has 0 aliphatic heterocycles. The van der Waals surface area contributed by atoms with Crippen LogP contribution in [-0.4, -0.2) is 29.8 Å². The standard InChI is InChI=1S/C16H21ClO4/c1-12(2)21-16(19)9-15(8-14(18)10-17)20-11-13-6-4-3-5-7-13/h3-7,12,15H,8-11H2,1-2H3/t15-/m1/s1. The first-order valence-corrected chi connectivity index (χ1v) is 7.47. The summed E-state index contributed by atoms with van der Waals surface area (Å²) in [4.78, 5) is 23.2. The van der Waals surface area contributed by atoms with E-state index in [1.165, 1.54) is 0 Å². The van der Waals surface area contributed by atoms with Crippen molar-refractivity contribution in [3.05, 3.63) is 35.9 Å². The summed E-state index contributed by atoms with van der Waals surface area (Å²) in [6, 6.07) is 9.58. The van der Waals surface area contributed by atoms with Gasteiger partial charge >= 0.3 is 5.97 Å². The van der Waals surface area contributed by atoms with Crippen molar-refractivity contribution < 1.29 is 19.1 Å². The number of ether oxygens (including phenoxy) is 2. The van der Waals surface area contributed by atoms with Gasteiger partial charge in [-0.25, -0.2) is 0 Å². The molecule has 0 aromatic heterocycles. The van der Waals surface area contributed by atoms with Gasteiger partial charge in [-0.2, -0.15) is 0 Å². The highest BCUT2D eigenvalue weighted by Gasteiger charge is 2.19. The molecule has 0 radical (unpaired) electrons. The molecule has 4 nitrogen and oxygen atoms in total. The number of ketones is 1. The van der Waals surface area contributed by atoms with Crippen molar-refractivity contribution >= 4 is 23.4 Å². The van der Waals surface area contributed by atoms with E-state index < -0.39 is 6.10 Å². The maximum Gasteiger partial charge on any atom is 0.308 e. The van der Waals surface area contributed by atoms with Crippen molar-refractivity contribution in [3.63, 3.8) is 0 Å². The summed E-state index contributed by atoms with van der Waals surface area (Å²) < 4.78 is 10.8. The lowest BCUT2D eigenvalue weighted by molar-refractivity contribution is -0.151. The predicted molar refractivity (Wildman–Crippen MR) is 81.2 cm³/mol. The smallest absolute Gasteiger partial charge is 0.308 e. The van der Waals surface area contributed by atoms with Gasteiger partial charge in [-0.1, -0.05) is 30.3 Å². The fourth-order valence-electron chi connectivity index (χ4n) is 1.78. The number of hydrogen-bond acceptors (Lipinski definition) is 4. The Morgan fingerprint density at radius 3 is 2.38 bits per heavy atom. The molecule has 0 heterocycles. The van der Waals surface area contributed by atoms with Crippen molar-refractivity contribution in [1.29, 1.82) is 0 Å². The van der Waals surface area contributed by atoms with Crippen LogP contribution in [0.2, 0.25) is 0 Å². The molecule has 21 heavy (non-hydrogen) atoms. The van der Waals surface area contributed by atoms with E-state index in [9.17, 15) is 9.59 Å². The fraction of sp³-hybridized carbons (Fsp3) is 0.500. The number of Topliss-reactive ketones (excluding diaryl/α,β-unsaturated/α-hetero) is 1. The van der Waals surface area contributed by atoms with E-state index >= 15 is 0 Å². The first kappa shape index (κ1) is 17.7. The Hall–Kier alpha value is -1.39. The second kappa shape index (κ2) is 9.53. The quantitative estimate of drug-likeness (QED) is 0.519. The van der Waals surface area contributed by atoms with Crippen molar-refractivity contribution in [2.45, 2.75) is 45.5 Å². The summed E-state index contributed by atoms with van der Waals surface area (Å²) in [6.07, 6.45) is -0.532. The molecule has 0 aliphatic rings. The lowest BCUT2D eigenvalue weighted by atomic mass is 10.1. The minimum atomic E-state index is -0.511. The van der Waals surface area contributed by atoms with E-state index in [1.54, 1.807) is 13.8 Å². The molecule has 116 valence electrons. The Labute approximate surface area is 130 Å². The van der Waals surface area contributed by atoms with Gasteiger partial charge < -0.3 is 9.47 Å². The molecule has 1 rings (SSSR count). The van der Waals surface area contributed by atoms with Gasteiger partial charge in [0.1, 0.15) is 5.78 Å². The first-order chi connectivity index (χ1) is 10.0.